The predicted octanol–water partition coefficient (Wildman–Crippen LogP) is 5.93. The molecule has 5 rings (SSSR count). The maximum Gasteiger partial charge on any atom is 0.264 e. The van der Waals surface area contributed by atoms with Gasteiger partial charge in [-0.15, -0.1) is 0 Å². The van der Waals surface area contributed by atoms with Gasteiger partial charge in [0.1, 0.15) is 11.6 Å². The first-order valence-corrected chi connectivity index (χ1v) is 9.93. The number of carbonyl (C=O) groups is 1. The number of halogens is 1. The number of hydrogen-bond acceptors (Lipinski definition) is 5. The molecular weight excluding hydrogens is 410 g/mol. The fraction of sp³-hybridized carbons (Fsp3) is 0.0417. The number of nitrogens with zero attached hydrogens (tertiary/aromatic N) is 5. The zero-order valence-corrected chi connectivity index (χ0v) is 16.9. The minimum Gasteiger partial charge on any atom is -0.271 e. The van der Waals surface area contributed by atoms with E-state index in [1.165, 1.54) is 4.57 Å². The summed E-state index contributed by atoms with van der Waals surface area (Å²) in [7, 11) is 0. The SMILES string of the molecule is N#CC1=C(c2ccccc2)C(N=Nc2ccc(Cl)cc2)C(=O)n2c1nc1ccccc12. The minimum atomic E-state index is -0.988. The maximum absolute atomic E-state index is 13.6. The molecule has 4 aromatic rings. The smallest absolute Gasteiger partial charge is 0.264 e. The van der Waals surface area contributed by atoms with Gasteiger partial charge in [-0.05, 0) is 42.0 Å². The van der Waals surface area contributed by atoms with Crippen molar-refractivity contribution < 1.29 is 4.79 Å². The Morgan fingerprint density at radius 1 is 0.968 bits per heavy atom. The van der Waals surface area contributed by atoms with Crippen molar-refractivity contribution in [1.29, 1.82) is 5.26 Å². The second kappa shape index (κ2) is 7.63. The van der Waals surface area contributed by atoms with Gasteiger partial charge < -0.3 is 0 Å². The van der Waals surface area contributed by atoms with E-state index < -0.39 is 6.04 Å². The van der Waals surface area contributed by atoms with Crippen molar-refractivity contribution >= 4 is 45.4 Å². The van der Waals surface area contributed by atoms with Crippen molar-refractivity contribution in [3.05, 3.63) is 95.3 Å². The molecule has 6 nitrogen and oxygen atoms in total. The monoisotopic (exact) mass is 423 g/mol. The molecule has 2 heterocycles. The van der Waals surface area contributed by atoms with Crippen LogP contribution < -0.4 is 0 Å². The summed E-state index contributed by atoms with van der Waals surface area (Å²) >= 11 is 5.94. The van der Waals surface area contributed by atoms with Crippen LogP contribution in [0.25, 0.3) is 22.2 Å². The fourth-order valence-electron chi connectivity index (χ4n) is 3.69. The van der Waals surface area contributed by atoms with Crippen molar-refractivity contribution in [3.63, 3.8) is 0 Å². The van der Waals surface area contributed by atoms with Crippen molar-refractivity contribution in [2.45, 2.75) is 6.04 Å². The molecule has 1 aliphatic heterocycles. The zero-order valence-electron chi connectivity index (χ0n) is 16.1. The van der Waals surface area contributed by atoms with Crippen LogP contribution in [0.2, 0.25) is 5.02 Å². The van der Waals surface area contributed by atoms with Gasteiger partial charge in [0.15, 0.2) is 11.9 Å². The highest BCUT2D eigenvalue weighted by molar-refractivity contribution is 6.30. The van der Waals surface area contributed by atoms with Gasteiger partial charge in [0.05, 0.1) is 16.7 Å². The highest BCUT2D eigenvalue weighted by Crippen LogP contribution is 2.37. The summed E-state index contributed by atoms with van der Waals surface area (Å²) < 4.78 is 1.46. The lowest BCUT2D eigenvalue weighted by molar-refractivity contribution is 0.0901. The Kier molecular flexibility index (Phi) is 4.66. The van der Waals surface area contributed by atoms with E-state index in [0.717, 1.165) is 5.56 Å². The standard InChI is InChI=1S/C24H14ClN5O/c25-16-10-12-17(13-11-16)28-29-22-21(15-6-2-1-3-7-15)18(14-26)23-27-19-8-4-5-9-20(19)30(23)24(22)31/h1-13,22H. The molecule has 1 atom stereocenters. The van der Waals surface area contributed by atoms with E-state index in [1.807, 2.05) is 48.5 Å². The number of azo groups is 1. The number of hydrogen-bond donors (Lipinski definition) is 0. The van der Waals surface area contributed by atoms with Gasteiger partial charge in [0.2, 0.25) is 0 Å². The Morgan fingerprint density at radius 3 is 2.42 bits per heavy atom. The van der Waals surface area contributed by atoms with Crippen LogP contribution in [0.3, 0.4) is 0 Å². The number of benzene rings is 3. The Labute approximate surface area is 182 Å². The first-order valence-electron chi connectivity index (χ1n) is 9.55. The summed E-state index contributed by atoms with van der Waals surface area (Å²) in [5, 5.41) is 19.3. The van der Waals surface area contributed by atoms with E-state index in [2.05, 4.69) is 21.3 Å². The summed E-state index contributed by atoms with van der Waals surface area (Å²) in [5.74, 6) is 0.0183. The number of nitriles is 1. The van der Waals surface area contributed by atoms with E-state index in [-0.39, 0.29) is 5.91 Å². The van der Waals surface area contributed by atoms with Crippen LogP contribution in [0.5, 0.6) is 0 Å². The molecule has 1 aliphatic rings. The number of fused-ring (bicyclic) bond motifs is 3. The Morgan fingerprint density at radius 2 is 1.68 bits per heavy atom. The molecule has 3 aromatic carbocycles. The second-order valence-electron chi connectivity index (χ2n) is 6.96. The van der Waals surface area contributed by atoms with E-state index in [9.17, 15) is 10.1 Å². The molecule has 1 unspecified atom stereocenters. The summed E-state index contributed by atoms with van der Waals surface area (Å²) in [6.45, 7) is 0. The van der Waals surface area contributed by atoms with Gasteiger partial charge in [0.25, 0.3) is 5.91 Å². The van der Waals surface area contributed by atoms with Gasteiger partial charge in [-0.2, -0.15) is 15.5 Å². The Balaban J connectivity index is 1.75. The van der Waals surface area contributed by atoms with Gasteiger partial charge in [-0.3, -0.25) is 9.36 Å². The number of allylic oxidation sites excluding steroid dienone is 1. The number of aromatic nitrogens is 2. The molecule has 31 heavy (non-hydrogen) atoms. The average Bonchev–Trinajstić information content (AvgIpc) is 3.19. The van der Waals surface area contributed by atoms with Crippen LogP contribution in [0.4, 0.5) is 5.69 Å². The third kappa shape index (κ3) is 3.21. The first kappa shape index (κ1) is 18.9. The Hall–Kier alpha value is -4.08. The summed E-state index contributed by atoms with van der Waals surface area (Å²) in [4.78, 5) is 18.2. The maximum atomic E-state index is 13.6. The van der Waals surface area contributed by atoms with Crippen molar-refractivity contribution in [1.82, 2.24) is 9.55 Å². The average molecular weight is 424 g/mol. The molecule has 7 heteroatoms. The highest BCUT2D eigenvalue weighted by atomic mass is 35.5. The number of imidazole rings is 1. The molecule has 1 aromatic heterocycles. The molecule has 0 bridgehead atoms. The molecule has 0 radical (unpaired) electrons. The molecule has 0 fully saturated rings. The normalized spacial score (nSPS) is 16.0. The van der Waals surface area contributed by atoms with Crippen LogP contribution >= 0.6 is 11.6 Å². The topological polar surface area (TPSA) is 83.4 Å². The van der Waals surface area contributed by atoms with Crippen LogP contribution in [-0.4, -0.2) is 21.5 Å². The molecule has 0 saturated heterocycles. The lowest BCUT2D eigenvalue weighted by Gasteiger charge is -2.23. The fourth-order valence-corrected chi connectivity index (χ4v) is 3.82. The lowest BCUT2D eigenvalue weighted by Crippen LogP contribution is -2.32. The summed E-state index contributed by atoms with van der Waals surface area (Å²) in [5.41, 5.74) is 3.36. The largest absolute Gasteiger partial charge is 0.271 e. The quantitative estimate of drug-likeness (QED) is 0.383. The minimum absolute atomic E-state index is 0.306. The number of para-hydroxylation sites is 2. The van der Waals surface area contributed by atoms with Gasteiger partial charge >= 0.3 is 0 Å². The molecular formula is C24H14ClN5O. The molecule has 0 spiro atoms. The van der Waals surface area contributed by atoms with Gasteiger partial charge in [-0.25, -0.2) is 4.98 Å². The van der Waals surface area contributed by atoms with Crippen LogP contribution in [0.1, 0.15) is 16.2 Å². The van der Waals surface area contributed by atoms with Gasteiger partial charge in [0, 0.05) is 10.6 Å². The number of carbonyl (C=O) groups excluding carboxylic acids is 1. The summed E-state index contributed by atoms with van der Waals surface area (Å²) in [6, 6.07) is 24.7. The molecule has 0 amide bonds. The van der Waals surface area contributed by atoms with Crippen molar-refractivity contribution in [3.8, 4) is 6.07 Å². The Bertz CT molecular complexity index is 1410. The molecule has 0 saturated carbocycles. The van der Waals surface area contributed by atoms with E-state index >= 15 is 0 Å². The third-order valence-electron chi connectivity index (χ3n) is 5.09. The van der Waals surface area contributed by atoms with E-state index in [0.29, 0.717) is 38.7 Å². The van der Waals surface area contributed by atoms with Crippen LogP contribution in [0, 0.1) is 11.3 Å². The molecule has 0 aliphatic carbocycles. The molecule has 0 N–H and O–H groups in total. The van der Waals surface area contributed by atoms with Crippen molar-refractivity contribution in [2.24, 2.45) is 10.2 Å². The van der Waals surface area contributed by atoms with E-state index in [4.69, 9.17) is 11.6 Å². The summed E-state index contributed by atoms with van der Waals surface area (Å²) in [6.07, 6.45) is 0. The van der Waals surface area contributed by atoms with Gasteiger partial charge in [-0.1, -0.05) is 54.1 Å². The zero-order chi connectivity index (χ0) is 21.4. The van der Waals surface area contributed by atoms with Crippen LogP contribution in [-0.2, 0) is 0 Å². The highest BCUT2D eigenvalue weighted by Gasteiger charge is 2.37. The lowest BCUT2D eigenvalue weighted by atomic mass is 9.90. The third-order valence-corrected chi connectivity index (χ3v) is 5.35. The first-order chi connectivity index (χ1) is 15.2. The molecule has 148 valence electrons. The van der Waals surface area contributed by atoms with Crippen molar-refractivity contribution in [2.75, 3.05) is 0 Å². The van der Waals surface area contributed by atoms with Crippen LogP contribution in [0.15, 0.2) is 89.1 Å². The number of rotatable bonds is 3. The van der Waals surface area contributed by atoms with E-state index in [1.54, 1.807) is 30.3 Å². The predicted molar refractivity (Wildman–Crippen MR) is 119 cm³/mol. The second-order valence-corrected chi connectivity index (χ2v) is 7.40.